The predicted octanol–water partition coefficient (Wildman–Crippen LogP) is 1.67. The third-order valence-corrected chi connectivity index (χ3v) is 5.31. The van der Waals surface area contributed by atoms with Crippen LogP contribution in [0.4, 0.5) is 11.4 Å². The number of nitrogens with one attached hydrogen (secondary N) is 1. The number of sulfonamides is 1. The van der Waals surface area contributed by atoms with E-state index in [1.165, 1.54) is 6.92 Å². The van der Waals surface area contributed by atoms with Crippen LogP contribution in [0.5, 0.6) is 0 Å². The molecule has 8 heteroatoms. The maximum absolute atomic E-state index is 12.5. The first-order valence-electron chi connectivity index (χ1n) is 8.30. The van der Waals surface area contributed by atoms with E-state index in [0.717, 1.165) is 23.4 Å². The zero-order chi connectivity index (χ0) is 18.6. The Morgan fingerprint density at radius 1 is 1.28 bits per heavy atom. The Labute approximate surface area is 149 Å². The van der Waals surface area contributed by atoms with Crippen LogP contribution in [0.25, 0.3) is 0 Å². The van der Waals surface area contributed by atoms with Crippen LogP contribution in [0.15, 0.2) is 24.3 Å². The Hall–Kier alpha value is -2.09. The first-order chi connectivity index (χ1) is 11.7. The van der Waals surface area contributed by atoms with Crippen molar-refractivity contribution >= 4 is 33.2 Å². The number of carbonyl (C=O) groups excluding carboxylic acids is 2. The lowest BCUT2D eigenvalue weighted by atomic mass is 10.0. The molecule has 1 aliphatic heterocycles. The molecular weight excluding hydrogens is 342 g/mol. The van der Waals surface area contributed by atoms with Crippen molar-refractivity contribution in [2.45, 2.75) is 26.7 Å². The van der Waals surface area contributed by atoms with E-state index in [-0.39, 0.29) is 18.4 Å². The fraction of sp³-hybridized carbons (Fsp3) is 0.529. The number of benzene rings is 1. The molecule has 25 heavy (non-hydrogen) atoms. The Kier molecular flexibility index (Phi) is 6.05. The van der Waals surface area contributed by atoms with Gasteiger partial charge in [-0.2, -0.15) is 0 Å². The van der Waals surface area contributed by atoms with E-state index in [1.54, 1.807) is 29.2 Å². The summed E-state index contributed by atoms with van der Waals surface area (Å²) >= 11 is 0. The third-order valence-electron chi connectivity index (χ3n) is 4.16. The monoisotopic (exact) mass is 367 g/mol. The van der Waals surface area contributed by atoms with Gasteiger partial charge in [-0.05, 0) is 43.0 Å². The molecule has 0 bridgehead atoms. The number of hydrogen-bond acceptors (Lipinski definition) is 4. The summed E-state index contributed by atoms with van der Waals surface area (Å²) in [5, 5.41) is 2.62. The van der Waals surface area contributed by atoms with E-state index in [1.807, 2.05) is 0 Å². The highest BCUT2D eigenvalue weighted by molar-refractivity contribution is 7.92. The van der Waals surface area contributed by atoms with Gasteiger partial charge in [0, 0.05) is 25.7 Å². The standard InChI is InChI=1S/C17H25N3O4S/c1-13-5-4-10-19(11-13)17(22)12-20(25(3,23)24)16-8-6-15(7-9-16)18-14(2)21/h6-9,13H,4-5,10-12H2,1-3H3,(H,18,21). The summed E-state index contributed by atoms with van der Waals surface area (Å²) < 4.78 is 25.4. The number of piperidine rings is 1. The van der Waals surface area contributed by atoms with Gasteiger partial charge in [-0.3, -0.25) is 13.9 Å². The molecule has 0 aromatic heterocycles. The van der Waals surface area contributed by atoms with Gasteiger partial charge in [0.25, 0.3) is 0 Å². The van der Waals surface area contributed by atoms with Crippen LogP contribution in [0.3, 0.4) is 0 Å². The number of carbonyl (C=O) groups is 2. The predicted molar refractivity (Wildman–Crippen MR) is 97.9 cm³/mol. The van der Waals surface area contributed by atoms with Crippen molar-refractivity contribution in [3.8, 4) is 0 Å². The fourth-order valence-electron chi connectivity index (χ4n) is 2.95. The van der Waals surface area contributed by atoms with Crippen molar-refractivity contribution in [3.05, 3.63) is 24.3 Å². The quantitative estimate of drug-likeness (QED) is 0.858. The lowest BCUT2D eigenvalue weighted by Crippen LogP contribution is -2.46. The lowest BCUT2D eigenvalue weighted by Gasteiger charge is -2.33. The van der Waals surface area contributed by atoms with E-state index < -0.39 is 10.0 Å². The molecule has 7 nitrogen and oxygen atoms in total. The van der Waals surface area contributed by atoms with Gasteiger partial charge in [0.1, 0.15) is 6.54 Å². The lowest BCUT2D eigenvalue weighted by molar-refractivity contribution is -0.131. The highest BCUT2D eigenvalue weighted by Gasteiger charge is 2.26. The summed E-state index contributed by atoms with van der Waals surface area (Å²) in [6.07, 6.45) is 3.11. The van der Waals surface area contributed by atoms with Crippen molar-refractivity contribution in [2.75, 3.05) is 35.5 Å². The van der Waals surface area contributed by atoms with Crippen LogP contribution in [0.1, 0.15) is 26.7 Å². The molecule has 1 N–H and O–H groups in total. The zero-order valence-corrected chi connectivity index (χ0v) is 15.7. The molecule has 1 saturated heterocycles. The molecular formula is C17H25N3O4S. The number of amides is 2. The summed E-state index contributed by atoms with van der Waals surface area (Å²) in [5.74, 6) is 0.0337. The molecule has 138 valence electrons. The summed E-state index contributed by atoms with van der Waals surface area (Å²) in [6, 6.07) is 6.39. The van der Waals surface area contributed by atoms with Gasteiger partial charge in [-0.1, -0.05) is 6.92 Å². The minimum absolute atomic E-state index is 0.192. The highest BCUT2D eigenvalue weighted by atomic mass is 32.2. The molecule has 0 saturated carbocycles. The van der Waals surface area contributed by atoms with E-state index in [2.05, 4.69) is 12.2 Å². The number of nitrogens with zero attached hydrogens (tertiary/aromatic N) is 2. The molecule has 1 atom stereocenters. The summed E-state index contributed by atoms with van der Waals surface area (Å²) in [5.41, 5.74) is 0.968. The summed E-state index contributed by atoms with van der Waals surface area (Å²) in [4.78, 5) is 25.4. The number of rotatable bonds is 5. The first-order valence-corrected chi connectivity index (χ1v) is 10.1. The minimum Gasteiger partial charge on any atom is -0.341 e. The number of anilines is 2. The molecule has 1 fully saturated rings. The Morgan fingerprint density at radius 2 is 1.92 bits per heavy atom. The maximum atomic E-state index is 12.5. The van der Waals surface area contributed by atoms with Crippen molar-refractivity contribution in [1.29, 1.82) is 0 Å². The largest absolute Gasteiger partial charge is 0.341 e. The van der Waals surface area contributed by atoms with Gasteiger partial charge in [0.05, 0.1) is 11.9 Å². The number of likely N-dealkylation sites (tertiary alicyclic amines) is 1. The topological polar surface area (TPSA) is 86.8 Å². The number of hydrogen-bond donors (Lipinski definition) is 1. The van der Waals surface area contributed by atoms with Crippen LogP contribution >= 0.6 is 0 Å². The van der Waals surface area contributed by atoms with Gasteiger partial charge >= 0.3 is 0 Å². The second-order valence-electron chi connectivity index (χ2n) is 6.58. The van der Waals surface area contributed by atoms with Crippen molar-refractivity contribution in [2.24, 2.45) is 5.92 Å². The molecule has 2 amide bonds. The summed E-state index contributed by atoms with van der Waals surface area (Å²) in [6.45, 7) is 4.61. The Balaban J connectivity index is 2.16. The fourth-order valence-corrected chi connectivity index (χ4v) is 3.80. The van der Waals surface area contributed by atoms with E-state index >= 15 is 0 Å². The Bertz CT molecular complexity index is 731. The van der Waals surface area contributed by atoms with E-state index in [9.17, 15) is 18.0 Å². The smallest absolute Gasteiger partial charge is 0.243 e. The van der Waals surface area contributed by atoms with Gasteiger partial charge < -0.3 is 10.2 Å². The summed E-state index contributed by atoms with van der Waals surface area (Å²) in [7, 11) is -3.60. The molecule has 1 aromatic rings. The zero-order valence-electron chi connectivity index (χ0n) is 14.9. The van der Waals surface area contributed by atoms with Crippen molar-refractivity contribution in [3.63, 3.8) is 0 Å². The molecule has 0 radical (unpaired) electrons. The molecule has 0 aliphatic carbocycles. The van der Waals surface area contributed by atoms with Crippen molar-refractivity contribution in [1.82, 2.24) is 4.90 Å². The molecule has 0 spiro atoms. The van der Waals surface area contributed by atoms with Crippen LogP contribution in [-0.4, -0.2) is 51.0 Å². The second kappa shape index (κ2) is 7.86. The van der Waals surface area contributed by atoms with Gasteiger partial charge in [0.15, 0.2) is 0 Å². The van der Waals surface area contributed by atoms with Crippen molar-refractivity contribution < 1.29 is 18.0 Å². The van der Waals surface area contributed by atoms with Crippen LogP contribution in [0.2, 0.25) is 0 Å². The third kappa shape index (κ3) is 5.45. The van der Waals surface area contributed by atoms with Crippen LogP contribution in [-0.2, 0) is 19.6 Å². The van der Waals surface area contributed by atoms with E-state index in [0.29, 0.717) is 30.4 Å². The highest BCUT2D eigenvalue weighted by Crippen LogP contribution is 2.22. The second-order valence-corrected chi connectivity index (χ2v) is 8.49. The molecule has 1 aliphatic rings. The minimum atomic E-state index is -3.60. The average molecular weight is 367 g/mol. The van der Waals surface area contributed by atoms with Gasteiger partial charge in [-0.15, -0.1) is 0 Å². The normalized spacial score (nSPS) is 17.9. The van der Waals surface area contributed by atoms with E-state index in [4.69, 9.17) is 0 Å². The van der Waals surface area contributed by atoms with Crippen LogP contribution < -0.4 is 9.62 Å². The van der Waals surface area contributed by atoms with Gasteiger partial charge in [0.2, 0.25) is 21.8 Å². The Morgan fingerprint density at radius 3 is 2.44 bits per heavy atom. The maximum Gasteiger partial charge on any atom is 0.243 e. The first kappa shape index (κ1) is 19.2. The van der Waals surface area contributed by atoms with Crippen LogP contribution in [0, 0.1) is 5.92 Å². The molecule has 2 rings (SSSR count). The SMILES string of the molecule is CC(=O)Nc1ccc(N(CC(=O)N2CCCC(C)C2)S(C)(=O)=O)cc1. The molecule has 1 aromatic carbocycles. The van der Waals surface area contributed by atoms with Gasteiger partial charge in [-0.25, -0.2) is 8.42 Å². The molecule has 1 heterocycles. The molecule has 1 unspecified atom stereocenters. The average Bonchev–Trinajstić information content (AvgIpc) is 2.52.